The molecule has 0 unspecified atom stereocenters. The number of nitriles is 1. The van der Waals surface area contributed by atoms with Gasteiger partial charge in [0.2, 0.25) is 5.91 Å². The number of nitrogens with two attached hydrogens (primary N) is 1. The van der Waals surface area contributed by atoms with Crippen molar-refractivity contribution in [3.05, 3.63) is 92.9 Å². The first-order valence-electron chi connectivity index (χ1n) is 10.7. The second-order valence-corrected chi connectivity index (χ2v) is 9.53. The Labute approximate surface area is 225 Å². The Bertz CT molecular complexity index is 1340. The number of hydrogen-bond donors (Lipinski definition) is 4. The number of carbonyl (C=O) groups is 2. The van der Waals surface area contributed by atoms with Gasteiger partial charge in [-0.3, -0.25) is 10.1 Å². The molecule has 0 aliphatic heterocycles. The fourth-order valence-corrected chi connectivity index (χ4v) is 4.53. The highest BCUT2D eigenvalue weighted by molar-refractivity contribution is 9.11. The van der Waals surface area contributed by atoms with Crippen molar-refractivity contribution in [1.82, 2.24) is 0 Å². The highest BCUT2D eigenvalue weighted by Gasteiger charge is 2.27. The van der Waals surface area contributed by atoms with E-state index in [1.807, 2.05) is 6.07 Å². The van der Waals surface area contributed by atoms with Crippen molar-refractivity contribution in [2.24, 2.45) is 5.92 Å². The maximum absolute atomic E-state index is 12.7. The van der Waals surface area contributed by atoms with E-state index in [-0.39, 0.29) is 5.75 Å². The number of phenolic OH excluding ortho intramolecular Hbond substituents is 1. The number of ether oxygens (including phenoxy) is 1. The molecule has 0 spiro atoms. The Morgan fingerprint density at radius 1 is 1.11 bits per heavy atom. The van der Waals surface area contributed by atoms with Crippen LogP contribution in [0.15, 0.2) is 81.8 Å². The molecule has 5 N–H and O–H groups in total. The van der Waals surface area contributed by atoms with Gasteiger partial charge in [0.15, 0.2) is 0 Å². The molecule has 36 heavy (non-hydrogen) atoms. The Morgan fingerprint density at radius 3 is 2.47 bits per heavy atom. The van der Waals surface area contributed by atoms with Crippen molar-refractivity contribution < 1.29 is 19.4 Å². The lowest BCUT2D eigenvalue weighted by Crippen LogP contribution is -2.22. The number of anilines is 3. The molecule has 0 heterocycles. The summed E-state index contributed by atoms with van der Waals surface area (Å²) < 4.78 is 6.75. The molecule has 2 amide bonds. The number of halogens is 2. The lowest BCUT2D eigenvalue weighted by Gasteiger charge is -2.24. The summed E-state index contributed by atoms with van der Waals surface area (Å²) in [7, 11) is 0. The first-order valence-corrected chi connectivity index (χ1v) is 12.3. The van der Waals surface area contributed by atoms with Crippen LogP contribution >= 0.6 is 31.9 Å². The van der Waals surface area contributed by atoms with Crippen LogP contribution in [-0.4, -0.2) is 17.1 Å². The molecule has 2 atom stereocenters. The summed E-state index contributed by atoms with van der Waals surface area (Å²) in [5, 5.41) is 24.9. The minimum absolute atomic E-state index is 0.101. The number of hydrogen-bond acceptors (Lipinski definition) is 6. The maximum atomic E-state index is 12.7. The van der Waals surface area contributed by atoms with Crippen molar-refractivity contribution in [3.8, 4) is 11.8 Å². The highest BCUT2D eigenvalue weighted by atomic mass is 79.9. The number of benzene rings is 3. The molecule has 0 saturated carbocycles. The van der Waals surface area contributed by atoms with E-state index in [0.717, 1.165) is 0 Å². The number of carbonyl (C=O) groups excluding carboxylic acids is 2. The van der Waals surface area contributed by atoms with Gasteiger partial charge in [0.05, 0.1) is 27.5 Å². The molecule has 3 rings (SSSR count). The van der Waals surface area contributed by atoms with Gasteiger partial charge < -0.3 is 20.9 Å². The second-order valence-electron chi connectivity index (χ2n) is 7.76. The summed E-state index contributed by atoms with van der Waals surface area (Å²) in [6.45, 7) is 1.74. The van der Waals surface area contributed by atoms with Crippen LogP contribution < -0.4 is 16.4 Å². The van der Waals surface area contributed by atoms with E-state index in [1.54, 1.807) is 73.7 Å². The van der Waals surface area contributed by atoms with Crippen molar-refractivity contribution >= 4 is 60.9 Å². The molecule has 184 valence electrons. The van der Waals surface area contributed by atoms with Crippen LogP contribution in [0.1, 0.15) is 24.2 Å². The highest BCUT2D eigenvalue weighted by Crippen LogP contribution is 2.40. The van der Waals surface area contributed by atoms with Crippen LogP contribution in [0.5, 0.6) is 5.75 Å². The van der Waals surface area contributed by atoms with Gasteiger partial charge >= 0.3 is 6.09 Å². The zero-order valence-corrected chi connectivity index (χ0v) is 22.2. The molecule has 0 aliphatic carbocycles. The summed E-state index contributed by atoms with van der Waals surface area (Å²) >= 11 is 6.68. The van der Waals surface area contributed by atoms with Crippen molar-refractivity contribution in [2.45, 2.75) is 13.0 Å². The summed E-state index contributed by atoms with van der Waals surface area (Å²) in [5.74, 6) is -1.04. The van der Waals surface area contributed by atoms with E-state index in [9.17, 15) is 14.7 Å². The summed E-state index contributed by atoms with van der Waals surface area (Å²) in [5.41, 5.74) is 7.98. The number of nitrogen functional groups attached to an aromatic ring is 1. The van der Waals surface area contributed by atoms with Crippen LogP contribution in [0, 0.1) is 17.2 Å². The van der Waals surface area contributed by atoms with Crippen LogP contribution in [0.3, 0.4) is 0 Å². The fourth-order valence-electron chi connectivity index (χ4n) is 3.27. The molecule has 0 aliphatic rings. The number of phenols is 1. The molecule has 3 aromatic carbocycles. The first-order chi connectivity index (χ1) is 17.2. The summed E-state index contributed by atoms with van der Waals surface area (Å²) in [6.07, 6.45) is 1.16. The SMILES string of the molecule is C[C@H](/C=C/C(=O)Nc1ccccc1N)[C@H](OC(=O)Nc1ccc(C#N)cc1)c1cc(Br)cc(Br)c1O. The van der Waals surface area contributed by atoms with Gasteiger partial charge in [-0.1, -0.05) is 41.1 Å². The van der Waals surface area contributed by atoms with Crippen LogP contribution in [-0.2, 0) is 9.53 Å². The van der Waals surface area contributed by atoms with Crippen LogP contribution in [0.25, 0.3) is 0 Å². The summed E-state index contributed by atoms with van der Waals surface area (Å²) in [6, 6.07) is 18.4. The Morgan fingerprint density at radius 2 is 1.81 bits per heavy atom. The van der Waals surface area contributed by atoms with Crippen LogP contribution in [0.2, 0.25) is 0 Å². The fraction of sp³-hybridized carbons (Fsp3) is 0.115. The summed E-state index contributed by atoms with van der Waals surface area (Å²) in [4.78, 5) is 25.2. The van der Waals surface area contributed by atoms with Gasteiger partial charge in [-0.25, -0.2) is 4.79 Å². The third-order valence-electron chi connectivity index (χ3n) is 5.11. The van der Waals surface area contributed by atoms with Gasteiger partial charge in [0.1, 0.15) is 11.9 Å². The Kier molecular flexibility index (Phi) is 9.11. The smallest absolute Gasteiger partial charge is 0.412 e. The lowest BCUT2D eigenvalue weighted by molar-refractivity contribution is -0.111. The predicted octanol–water partition coefficient (Wildman–Crippen LogP) is 6.49. The average Bonchev–Trinajstić information content (AvgIpc) is 2.85. The Balaban J connectivity index is 1.82. The zero-order chi connectivity index (χ0) is 26.2. The number of aromatic hydroxyl groups is 1. The monoisotopic (exact) mass is 612 g/mol. The van der Waals surface area contributed by atoms with E-state index in [1.165, 1.54) is 6.08 Å². The van der Waals surface area contributed by atoms with E-state index < -0.39 is 24.0 Å². The molecule has 10 heteroatoms. The van der Waals surface area contributed by atoms with E-state index in [0.29, 0.717) is 37.1 Å². The predicted molar refractivity (Wildman–Crippen MR) is 145 cm³/mol. The molecule has 0 fully saturated rings. The minimum Gasteiger partial charge on any atom is -0.506 e. The third-order valence-corrected chi connectivity index (χ3v) is 6.17. The zero-order valence-electron chi connectivity index (χ0n) is 19.0. The van der Waals surface area contributed by atoms with Gasteiger partial charge in [-0.05, 0) is 70.5 Å². The van der Waals surface area contributed by atoms with Crippen LogP contribution in [0.4, 0.5) is 21.9 Å². The topological polar surface area (TPSA) is 137 Å². The average molecular weight is 614 g/mol. The van der Waals surface area contributed by atoms with E-state index in [2.05, 4.69) is 42.5 Å². The van der Waals surface area contributed by atoms with Gasteiger partial charge in [-0.2, -0.15) is 5.26 Å². The van der Waals surface area contributed by atoms with Crippen molar-refractivity contribution in [1.29, 1.82) is 5.26 Å². The lowest BCUT2D eigenvalue weighted by atomic mass is 9.96. The number of nitrogens with zero attached hydrogens (tertiary/aromatic N) is 1. The van der Waals surface area contributed by atoms with Gasteiger partial charge in [0, 0.05) is 21.6 Å². The number of rotatable bonds is 7. The number of para-hydroxylation sites is 2. The normalized spacial score (nSPS) is 12.4. The third kappa shape index (κ3) is 7.10. The minimum atomic E-state index is -0.956. The Hall–Kier alpha value is -3.81. The van der Waals surface area contributed by atoms with Crippen molar-refractivity contribution in [2.75, 3.05) is 16.4 Å². The molecule has 3 aromatic rings. The molecule has 8 nitrogen and oxygen atoms in total. The number of nitrogens with one attached hydrogen (secondary N) is 2. The standard InChI is InChI=1S/C26H22Br2N4O4/c1-15(6-11-23(33)32-22-5-3-2-4-21(22)30)25(19-12-17(27)13-20(28)24(19)34)36-26(35)31-18-9-7-16(14-29)8-10-18/h2-13,15,25,34H,30H2,1H3,(H,31,35)(H,32,33)/b11-6+/t15-,25+/m1/s1. The van der Waals surface area contributed by atoms with Gasteiger partial charge in [0.25, 0.3) is 0 Å². The van der Waals surface area contributed by atoms with E-state index >= 15 is 0 Å². The molecule has 0 radical (unpaired) electrons. The quantitative estimate of drug-likeness (QED) is 0.177. The first kappa shape index (κ1) is 26.8. The largest absolute Gasteiger partial charge is 0.506 e. The molecular formula is C26H22Br2N4O4. The molecule has 0 bridgehead atoms. The van der Waals surface area contributed by atoms with Crippen molar-refractivity contribution in [3.63, 3.8) is 0 Å². The molecule has 0 saturated heterocycles. The molecular weight excluding hydrogens is 592 g/mol. The van der Waals surface area contributed by atoms with Gasteiger partial charge in [-0.15, -0.1) is 0 Å². The number of amides is 2. The maximum Gasteiger partial charge on any atom is 0.412 e. The second kappa shape index (κ2) is 12.2. The van der Waals surface area contributed by atoms with E-state index in [4.69, 9.17) is 15.7 Å². The molecule has 0 aromatic heterocycles.